The summed E-state index contributed by atoms with van der Waals surface area (Å²) in [6.07, 6.45) is 4.17. The zero-order valence-corrected chi connectivity index (χ0v) is 15.0. The molecule has 1 aromatic carbocycles. The van der Waals surface area contributed by atoms with Gasteiger partial charge >= 0.3 is 6.03 Å². The molecule has 3 rings (SSSR count). The molecule has 23 heavy (non-hydrogen) atoms. The van der Waals surface area contributed by atoms with Crippen LogP contribution in [0, 0.1) is 5.82 Å². The third-order valence-electron chi connectivity index (χ3n) is 4.06. The molecule has 2 amide bonds. The Morgan fingerprint density at radius 3 is 2.91 bits per heavy atom. The molecule has 122 valence electrons. The van der Waals surface area contributed by atoms with Crippen molar-refractivity contribution in [2.75, 3.05) is 11.9 Å². The summed E-state index contributed by atoms with van der Waals surface area (Å²) < 4.78 is 14.6. The first-order chi connectivity index (χ1) is 11.1. The van der Waals surface area contributed by atoms with Crippen LogP contribution in [0.15, 0.2) is 40.2 Å². The quantitative estimate of drug-likeness (QED) is 0.683. The third-order valence-corrected chi connectivity index (χ3v) is 5.52. The average Bonchev–Trinajstić information content (AvgIpc) is 2.94. The Bertz CT molecular complexity index is 677. The molecule has 1 N–H and O–H groups in total. The maximum absolute atomic E-state index is 14.0. The Morgan fingerprint density at radius 2 is 2.17 bits per heavy atom. The molecule has 1 atom stereocenters. The normalized spacial score (nSPS) is 18.5. The van der Waals surface area contributed by atoms with Gasteiger partial charge in [-0.15, -0.1) is 11.3 Å². The largest absolute Gasteiger partial charge is 0.322 e. The molecule has 0 aliphatic carbocycles. The van der Waals surface area contributed by atoms with Crippen molar-refractivity contribution in [3.63, 3.8) is 0 Å². The number of urea groups is 1. The summed E-state index contributed by atoms with van der Waals surface area (Å²) in [5, 5.41) is 4.76. The Kier molecular flexibility index (Phi) is 5.33. The van der Waals surface area contributed by atoms with E-state index in [9.17, 15) is 9.18 Å². The number of hydrogen-bond acceptors (Lipinski definition) is 2. The molecule has 2 heterocycles. The van der Waals surface area contributed by atoms with Crippen LogP contribution in [-0.4, -0.2) is 17.5 Å². The van der Waals surface area contributed by atoms with Crippen molar-refractivity contribution in [1.29, 1.82) is 0 Å². The molecule has 2 aromatic rings. The summed E-state index contributed by atoms with van der Waals surface area (Å²) in [4.78, 5) is 15.7. The van der Waals surface area contributed by atoms with E-state index < -0.39 is 5.82 Å². The maximum Gasteiger partial charge on any atom is 0.322 e. The minimum atomic E-state index is -0.435. The lowest BCUT2D eigenvalue weighted by molar-refractivity contribution is 0.190. The molecule has 0 radical (unpaired) electrons. The van der Waals surface area contributed by atoms with Crippen molar-refractivity contribution >= 4 is 39.0 Å². The first-order valence-corrected chi connectivity index (χ1v) is 9.38. The standard InChI is InChI=1S/C17H18BrFN2OS/c18-12-7-8-14(13(19)11-12)20-17(22)21-9-3-1-2-5-15(21)16-6-4-10-23-16/h4,6-8,10-11,15H,1-3,5,9H2,(H,20,22)/t15-/m1/s1. The van der Waals surface area contributed by atoms with E-state index in [1.54, 1.807) is 23.5 Å². The van der Waals surface area contributed by atoms with Gasteiger partial charge in [-0.1, -0.05) is 34.8 Å². The molecular weight excluding hydrogens is 379 g/mol. The number of amides is 2. The highest BCUT2D eigenvalue weighted by Gasteiger charge is 2.27. The predicted octanol–water partition coefficient (Wildman–Crippen LogP) is 5.80. The molecule has 0 bridgehead atoms. The van der Waals surface area contributed by atoms with Gasteiger partial charge in [-0.25, -0.2) is 9.18 Å². The molecular formula is C17H18BrFN2OS. The van der Waals surface area contributed by atoms with Gasteiger partial charge in [0.2, 0.25) is 0 Å². The minimum absolute atomic E-state index is 0.0796. The molecule has 6 heteroatoms. The number of benzene rings is 1. The third kappa shape index (κ3) is 3.93. The van der Waals surface area contributed by atoms with E-state index in [1.165, 1.54) is 10.9 Å². The fraction of sp³-hybridized carbons (Fsp3) is 0.353. The maximum atomic E-state index is 14.0. The van der Waals surface area contributed by atoms with E-state index in [0.717, 1.165) is 25.7 Å². The van der Waals surface area contributed by atoms with Crippen LogP contribution in [0.1, 0.15) is 36.6 Å². The Balaban J connectivity index is 1.80. The Morgan fingerprint density at radius 1 is 1.30 bits per heavy atom. The fourth-order valence-electron chi connectivity index (χ4n) is 2.91. The number of anilines is 1. The van der Waals surface area contributed by atoms with Crippen LogP contribution >= 0.6 is 27.3 Å². The summed E-state index contributed by atoms with van der Waals surface area (Å²) in [6.45, 7) is 0.701. The predicted molar refractivity (Wildman–Crippen MR) is 95.4 cm³/mol. The number of nitrogens with zero attached hydrogens (tertiary/aromatic N) is 1. The first kappa shape index (κ1) is 16.5. The van der Waals surface area contributed by atoms with E-state index in [2.05, 4.69) is 27.3 Å². The SMILES string of the molecule is O=C(Nc1ccc(Br)cc1F)N1CCCCC[C@@H]1c1cccs1. The second kappa shape index (κ2) is 7.45. The lowest BCUT2D eigenvalue weighted by Gasteiger charge is -2.29. The van der Waals surface area contributed by atoms with Crippen LogP contribution < -0.4 is 5.32 Å². The van der Waals surface area contributed by atoms with Crippen LogP contribution in [-0.2, 0) is 0 Å². The van der Waals surface area contributed by atoms with E-state index in [4.69, 9.17) is 0 Å². The highest BCUT2D eigenvalue weighted by molar-refractivity contribution is 9.10. The van der Waals surface area contributed by atoms with Gasteiger partial charge in [-0.3, -0.25) is 0 Å². The van der Waals surface area contributed by atoms with Gasteiger partial charge in [0.1, 0.15) is 5.82 Å². The number of rotatable bonds is 2. The zero-order chi connectivity index (χ0) is 16.2. The number of halogens is 2. The summed E-state index contributed by atoms with van der Waals surface area (Å²) in [7, 11) is 0. The summed E-state index contributed by atoms with van der Waals surface area (Å²) >= 11 is 4.89. The number of likely N-dealkylation sites (tertiary alicyclic amines) is 1. The van der Waals surface area contributed by atoms with Gasteiger partial charge in [-0.2, -0.15) is 0 Å². The van der Waals surface area contributed by atoms with Crippen molar-refractivity contribution in [3.8, 4) is 0 Å². The van der Waals surface area contributed by atoms with E-state index in [0.29, 0.717) is 11.0 Å². The van der Waals surface area contributed by atoms with Crippen LogP contribution in [0.3, 0.4) is 0 Å². The number of thiophene rings is 1. The van der Waals surface area contributed by atoms with Crippen LogP contribution in [0.4, 0.5) is 14.9 Å². The number of carbonyl (C=O) groups is 1. The molecule has 1 aromatic heterocycles. The fourth-order valence-corrected chi connectivity index (χ4v) is 4.11. The smallest absolute Gasteiger partial charge is 0.317 e. The van der Waals surface area contributed by atoms with Gasteiger partial charge in [-0.05, 0) is 42.5 Å². The monoisotopic (exact) mass is 396 g/mol. The molecule has 3 nitrogen and oxygen atoms in total. The second-order valence-electron chi connectivity index (χ2n) is 5.63. The Hall–Kier alpha value is -1.40. The molecule has 1 saturated heterocycles. The van der Waals surface area contributed by atoms with Gasteiger partial charge < -0.3 is 10.2 Å². The lowest BCUT2D eigenvalue weighted by atomic mass is 10.1. The van der Waals surface area contributed by atoms with E-state index >= 15 is 0 Å². The summed E-state index contributed by atoms with van der Waals surface area (Å²) in [5.41, 5.74) is 0.215. The highest BCUT2D eigenvalue weighted by atomic mass is 79.9. The van der Waals surface area contributed by atoms with Crippen LogP contribution in [0.2, 0.25) is 0 Å². The van der Waals surface area contributed by atoms with Crippen molar-refractivity contribution in [2.24, 2.45) is 0 Å². The van der Waals surface area contributed by atoms with Crippen molar-refractivity contribution in [3.05, 3.63) is 50.9 Å². The van der Waals surface area contributed by atoms with E-state index in [1.807, 2.05) is 16.3 Å². The molecule has 0 spiro atoms. The van der Waals surface area contributed by atoms with Crippen LogP contribution in [0.25, 0.3) is 0 Å². The van der Waals surface area contributed by atoms with Gasteiger partial charge in [0, 0.05) is 15.9 Å². The minimum Gasteiger partial charge on any atom is -0.317 e. The van der Waals surface area contributed by atoms with Crippen molar-refractivity contribution in [2.45, 2.75) is 31.7 Å². The number of hydrogen-bond donors (Lipinski definition) is 1. The summed E-state index contributed by atoms with van der Waals surface area (Å²) in [6, 6.07) is 8.58. The van der Waals surface area contributed by atoms with Gasteiger partial charge in [0.25, 0.3) is 0 Å². The Labute approximate surface area is 147 Å². The molecule has 0 saturated carbocycles. The number of carbonyl (C=O) groups excluding carboxylic acids is 1. The molecule has 1 fully saturated rings. The van der Waals surface area contributed by atoms with Crippen molar-refractivity contribution in [1.82, 2.24) is 4.90 Å². The lowest BCUT2D eigenvalue weighted by Crippen LogP contribution is -2.38. The number of nitrogens with one attached hydrogen (secondary N) is 1. The second-order valence-corrected chi connectivity index (χ2v) is 7.52. The molecule has 0 unspecified atom stereocenters. The zero-order valence-electron chi connectivity index (χ0n) is 12.6. The first-order valence-electron chi connectivity index (χ1n) is 7.71. The van der Waals surface area contributed by atoms with Crippen LogP contribution in [0.5, 0.6) is 0 Å². The average molecular weight is 397 g/mol. The molecule has 1 aliphatic heterocycles. The highest BCUT2D eigenvalue weighted by Crippen LogP contribution is 2.33. The van der Waals surface area contributed by atoms with E-state index in [-0.39, 0.29) is 17.8 Å². The topological polar surface area (TPSA) is 32.3 Å². The van der Waals surface area contributed by atoms with Gasteiger partial charge in [0.05, 0.1) is 11.7 Å². The summed E-state index contributed by atoms with van der Waals surface area (Å²) in [5.74, 6) is -0.435. The van der Waals surface area contributed by atoms with Crippen molar-refractivity contribution < 1.29 is 9.18 Å². The molecule has 1 aliphatic rings. The van der Waals surface area contributed by atoms with Gasteiger partial charge in [0.15, 0.2) is 0 Å².